The lowest BCUT2D eigenvalue weighted by Gasteiger charge is -2.35. The first-order valence-electron chi connectivity index (χ1n) is 10.3. The summed E-state index contributed by atoms with van der Waals surface area (Å²) in [4.78, 5) is 25.8. The van der Waals surface area contributed by atoms with Gasteiger partial charge < -0.3 is 14.8 Å². The van der Waals surface area contributed by atoms with Gasteiger partial charge in [-0.25, -0.2) is 0 Å². The molecule has 0 spiro atoms. The van der Waals surface area contributed by atoms with Crippen molar-refractivity contribution in [2.45, 2.75) is 24.0 Å². The molecule has 174 valence electrons. The van der Waals surface area contributed by atoms with Gasteiger partial charge in [0.15, 0.2) is 0 Å². The first kappa shape index (κ1) is 25.0. The summed E-state index contributed by atoms with van der Waals surface area (Å²) in [5.74, 6) is 0.0792. The van der Waals surface area contributed by atoms with Crippen molar-refractivity contribution in [2.75, 3.05) is 45.6 Å². The van der Waals surface area contributed by atoms with Gasteiger partial charge in [0, 0.05) is 26.2 Å². The van der Waals surface area contributed by atoms with Crippen LogP contribution in [-0.2, 0) is 25.5 Å². The lowest BCUT2D eigenvalue weighted by atomic mass is 9.99. The second-order valence-electron chi connectivity index (χ2n) is 7.52. The van der Waals surface area contributed by atoms with Crippen LogP contribution < -0.4 is 5.32 Å². The Kier molecular flexibility index (Phi) is 9.80. The Hall–Kier alpha value is -1.65. The average molecular weight is 501 g/mol. The summed E-state index contributed by atoms with van der Waals surface area (Å²) < 4.78 is 10.4. The number of allylic oxidation sites excluding steroid dienone is 3. The van der Waals surface area contributed by atoms with E-state index in [-0.39, 0.29) is 30.2 Å². The van der Waals surface area contributed by atoms with Crippen LogP contribution in [0.2, 0.25) is 0 Å². The third-order valence-electron chi connectivity index (χ3n) is 5.05. The van der Waals surface area contributed by atoms with E-state index in [1.54, 1.807) is 12.1 Å². The summed E-state index contributed by atoms with van der Waals surface area (Å²) in [5, 5.41) is 12.8. The number of nitrogens with one attached hydrogen (secondary N) is 1. The predicted octanol–water partition coefficient (Wildman–Crippen LogP) is 2.37. The molecule has 3 rings (SSSR count). The number of rotatable bonds is 9. The molecule has 1 N–H and O–H groups in total. The Labute approximate surface area is 201 Å². The summed E-state index contributed by atoms with van der Waals surface area (Å²) in [6, 6.07) is 3.44. The van der Waals surface area contributed by atoms with E-state index in [9.17, 15) is 9.59 Å². The van der Waals surface area contributed by atoms with E-state index in [1.165, 1.54) is 18.9 Å². The Morgan fingerprint density at radius 2 is 2.16 bits per heavy atom. The summed E-state index contributed by atoms with van der Waals surface area (Å²) in [5.41, 5.74) is 0.523. The van der Waals surface area contributed by atoms with Crippen LogP contribution >= 0.6 is 35.0 Å². The van der Waals surface area contributed by atoms with Gasteiger partial charge in [0.05, 0.1) is 47.8 Å². The molecule has 1 amide bonds. The highest BCUT2D eigenvalue weighted by atomic mass is 35.5. The molecule has 1 saturated heterocycles. The molecule has 32 heavy (non-hydrogen) atoms. The fraction of sp³-hybridized carbons (Fsp3) is 0.524. The molecule has 1 fully saturated rings. The molecule has 1 aromatic rings. The number of carbonyl (C=O) groups excluding carboxylic acids is 2. The minimum absolute atomic E-state index is 0.0581. The van der Waals surface area contributed by atoms with E-state index in [2.05, 4.69) is 25.2 Å². The zero-order chi connectivity index (χ0) is 22.9. The van der Waals surface area contributed by atoms with E-state index in [4.69, 9.17) is 27.9 Å². The number of morpholine rings is 1. The molecule has 1 aromatic heterocycles. The minimum Gasteiger partial charge on any atom is -0.469 e. The number of ether oxygens (including phenoxy) is 2. The van der Waals surface area contributed by atoms with E-state index in [1.807, 2.05) is 12.2 Å². The first-order valence-corrected chi connectivity index (χ1v) is 12.0. The summed E-state index contributed by atoms with van der Waals surface area (Å²) in [7, 11) is 1.33. The van der Waals surface area contributed by atoms with Crippen LogP contribution in [-0.4, -0.2) is 78.7 Å². The molecule has 2 aliphatic rings. The number of halogens is 2. The Morgan fingerprint density at radius 3 is 2.88 bits per heavy atom. The molecule has 2 heterocycles. The molecule has 2 atom stereocenters. The van der Waals surface area contributed by atoms with Gasteiger partial charge in [0.2, 0.25) is 5.91 Å². The third-order valence-corrected chi connectivity index (χ3v) is 6.76. The van der Waals surface area contributed by atoms with E-state index in [0.29, 0.717) is 39.9 Å². The molecule has 0 saturated carbocycles. The van der Waals surface area contributed by atoms with E-state index >= 15 is 0 Å². The van der Waals surface area contributed by atoms with Gasteiger partial charge in [0.1, 0.15) is 5.03 Å². The van der Waals surface area contributed by atoms with Gasteiger partial charge in [-0.15, -0.1) is 5.10 Å². The average Bonchev–Trinajstić information content (AvgIpc) is 2.80. The third kappa shape index (κ3) is 8.04. The molecule has 11 heteroatoms. The van der Waals surface area contributed by atoms with Crippen molar-refractivity contribution < 1.29 is 19.1 Å². The largest absolute Gasteiger partial charge is 0.469 e. The van der Waals surface area contributed by atoms with Crippen molar-refractivity contribution in [1.82, 2.24) is 20.4 Å². The predicted molar refractivity (Wildman–Crippen MR) is 124 cm³/mol. The number of esters is 1. The van der Waals surface area contributed by atoms with Crippen molar-refractivity contribution in [3.63, 3.8) is 0 Å². The molecule has 1 aliphatic carbocycles. The van der Waals surface area contributed by atoms with Crippen LogP contribution in [0.4, 0.5) is 0 Å². The van der Waals surface area contributed by atoms with Crippen LogP contribution in [0, 0.1) is 5.92 Å². The molecule has 0 bridgehead atoms. The molecular weight excluding hydrogens is 475 g/mol. The lowest BCUT2D eigenvalue weighted by Crippen LogP contribution is -2.48. The minimum atomic E-state index is -0.372. The van der Waals surface area contributed by atoms with Gasteiger partial charge >= 0.3 is 5.97 Å². The summed E-state index contributed by atoms with van der Waals surface area (Å²) in [6.07, 6.45) is 4.86. The highest BCUT2D eigenvalue weighted by Crippen LogP contribution is 2.29. The van der Waals surface area contributed by atoms with Crippen LogP contribution in [0.5, 0.6) is 0 Å². The molecule has 8 nitrogen and oxygen atoms in total. The second kappa shape index (κ2) is 12.6. The van der Waals surface area contributed by atoms with Crippen molar-refractivity contribution in [2.24, 2.45) is 5.92 Å². The van der Waals surface area contributed by atoms with Crippen LogP contribution in [0.15, 0.2) is 39.4 Å². The zero-order valence-corrected chi connectivity index (χ0v) is 20.1. The number of nitrogens with zero attached hydrogens (tertiary/aromatic N) is 3. The fourth-order valence-electron chi connectivity index (χ4n) is 3.39. The fourth-order valence-corrected chi connectivity index (χ4v) is 4.44. The van der Waals surface area contributed by atoms with Gasteiger partial charge in [-0.05, 0) is 24.5 Å². The maximum atomic E-state index is 12.2. The second-order valence-corrected chi connectivity index (χ2v) is 9.33. The van der Waals surface area contributed by atoms with Crippen LogP contribution in [0.3, 0.4) is 0 Å². The Morgan fingerprint density at radius 1 is 1.31 bits per heavy atom. The number of thioether (sulfide) groups is 1. The van der Waals surface area contributed by atoms with Crippen molar-refractivity contribution >= 4 is 46.8 Å². The van der Waals surface area contributed by atoms with Gasteiger partial charge in [-0.1, -0.05) is 47.1 Å². The monoisotopic (exact) mass is 500 g/mol. The van der Waals surface area contributed by atoms with Gasteiger partial charge in [0.25, 0.3) is 0 Å². The highest BCUT2D eigenvalue weighted by molar-refractivity contribution is 7.99. The normalized spacial score (nSPS) is 21.5. The van der Waals surface area contributed by atoms with Gasteiger partial charge in [-0.3, -0.25) is 14.5 Å². The standard InChI is InChI=1S/C21H26Cl2N4O4S/c1-30-21(29)9-15-3-5-20(26-25-15)32-13-19(28)24-10-16-12-27(6-7-31-16)11-14-2-4-17(22)18(23)8-14/h3-5,8,14,16H,2,6-7,9-13H2,1H3,(H,24,28)/t14?,16-/m0/s1. The first-order chi connectivity index (χ1) is 15.4. The smallest absolute Gasteiger partial charge is 0.311 e. The topological polar surface area (TPSA) is 93.7 Å². The Balaban J connectivity index is 1.36. The van der Waals surface area contributed by atoms with E-state index < -0.39 is 0 Å². The zero-order valence-electron chi connectivity index (χ0n) is 17.8. The number of hydrogen-bond donors (Lipinski definition) is 1. The highest BCUT2D eigenvalue weighted by Gasteiger charge is 2.24. The van der Waals surface area contributed by atoms with Crippen LogP contribution in [0.25, 0.3) is 0 Å². The molecule has 0 aromatic carbocycles. The van der Waals surface area contributed by atoms with Crippen molar-refractivity contribution in [1.29, 1.82) is 0 Å². The molecule has 0 radical (unpaired) electrons. The van der Waals surface area contributed by atoms with E-state index in [0.717, 1.165) is 26.1 Å². The number of carbonyl (C=O) groups is 2. The number of aromatic nitrogens is 2. The Bertz CT molecular complexity index is 866. The number of methoxy groups -OCH3 is 1. The SMILES string of the molecule is COC(=O)Cc1ccc(SCC(=O)NC[C@H]2CN(CC3C=C(Cl)C(Cl)=CC3)CCO2)nn1. The number of amides is 1. The maximum Gasteiger partial charge on any atom is 0.311 e. The molecule has 1 unspecified atom stereocenters. The van der Waals surface area contributed by atoms with Crippen LogP contribution in [0.1, 0.15) is 12.1 Å². The van der Waals surface area contributed by atoms with Crippen molar-refractivity contribution in [3.8, 4) is 0 Å². The number of hydrogen-bond acceptors (Lipinski definition) is 8. The quantitative estimate of drug-likeness (QED) is 0.407. The van der Waals surface area contributed by atoms with Gasteiger partial charge in [-0.2, -0.15) is 5.10 Å². The summed E-state index contributed by atoms with van der Waals surface area (Å²) in [6.45, 7) is 3.56. The maximum absolute atomic E-state index is 12.2. The summed E-state index contributed by atoms with van der Waals surface area (Å²) >= 11 is 13.5. The van der Waals surface area contributed by atoms with Crippen molar-refractivity contribution in [3.05, 3.63) is 40.0 Å². The molecular formula is C21H26Cl2N4O4S. The lowest BCUT2D eigenvalue weighted by molar-refractivity contribution is -0.139. The molecule has 1 aliphatic heterocycles.